The molecule has 1 unspecified atom stereocenters. The molecule has 2 rings (SSSR count). The molecule has 1 saturated carbocycles. The Morgan fingerprint density at radius 1 is 1.40 bits per heavy atom. The molecule has 108 valence electrons. The van der Waals surface area contributed by atoms with Gasteiger partial charge in [-0.2, -0.15) is 0 Å². The van der Waals surface area contributed by atoms with Crippen LogP contribution in [0.4, 0.5) is 5.69 Å². The van der Waals surface area contributed by atoms with Crippen LogP contribution in [0.25, 0.3) is 0 Å². The summed E-state index contributed by atoms with van der Waals surface area (Å²) in [5, 5.41) is 5.20. The molecular formula is C13H14Cl2N2O3. The Bertz CT molecular complexity index is 561. The summed E-state index contributed by atoms with van der Waals surface area (Å²) in [6, 6.07) is 4.77. The first-order chi connectivity index (χ1) is 9.39. The van der Waals surface area contributed by atoms with Crippen LogP contribution < -0.4 is 15.4 Å². The molecule has 1 atom stereocenters. The van der Waals surface area contributed by atoms with E-state index >= 15 is 0 Å². The summed E-state index contributed by atoms with van der Waals surface area (Å²) in [7, 11) is 3.01. The molecule has 0 saturated heterocycles. The fourth-order valence-electron chi connectivity index (χ4n) is 1.81. The summed E-state index contributed by atoms with van der Waals surface area (Å²) >= 11 is 11.7. The molecule has 1 fully saturated rings. The number of carbonyl (C=O) groups is 2. The summed E-state index contributed by atoms with van der Waals surface area (Å²) in [6.07, 6.45) is 0.416. The first kappa shape index (κ1) is 14.9. The van der Waals surface area contributed by atoms with Crippen molar-refractivity contribution in [2.45, 2.75) is 10.8 Å². The van der Waals surface area contributed by atoms with E-state index in [9.17, 15) is 9.59 Å². The minimum Gasteiger partial charge on any atom is -0.495 e. The molecule has 0 aromatic heterocycles. The van der Waals surface area contributed by atoms with Gasteiger partial charge in [-0.05, 0) is 24.6 Å². The highest BCUT2D eigenvalue weighted by atomic mass is 35.5. The molecule has 0 radical (unpaired) electrons. The summed E-state index contributed by atoms with van der Waals surface area (Å²) in [5.41, 5.74) is 0.831. The molecule has 0 heterocycles. The van der Waals surface area contributed by atoms with Crippen molar-refractivity contribution in [3.05, 3.63) is 23.8 Å². The van der Waals surface area contributed by atoms with Gasteiger partial charge in [-0.1, -0.05) is 0 Å². The predicted molar refractivity (Wildman–Crippen MR) is 77.6 cm³/mol. The van der Waals surface area contributed by atoms with Crippen LogP contribution in [0.2, 0.25) is 0 Å². The van der Waals surface area contributed by atoms with Crippen LogP contribution >= 0.6 is 23.2 Å². The van der Waals surface area contributed by atoms with Crippen LogP contribution in [0.3, 0.4) is 0 Å². The van der Waals surface area contributed by atoms with Crippen molar-refractivity contribution in [1.29, 1.82) is 0 Å². The van der Waals surface area contributed by atoms with Gasteiger partial charge < -0.3 is 15.4 Å². The molecule has 0 spiro atoms. The van der Waals surface area contributed by atoms with E-state index in [1.165, 1.54) is 14.2 Å². The zero-order valence-electron chi connectivity index (χ0n) is 11.0. The quantitative estimate of drug-likeness (QED) is 0.837. The number of halogens is 2. The second kappa shape index (κ2) is 5.50. The van der Waals surface area contributed by atoms with Gasteiger partial charge >= 0.3 is 0 Å². The van der Waals surface area contributed by atoms with Gasteiger partial charge in [-0.3, -0.25) is 9.59 Å². The molecule has 1 aliphatic carbocycles. The number of amides is 2. The smallest absolute Gasteiger partial charge is 0.251 e. The predicted octanol–water partition coefficient (Wildman–Crippen LogP) is 2.19. The zero-order valence-corrected chi connectivity index (χ0v) is 12.5. The third kappa shape index (κ3) is 2.99. The number of alkyl halides is 2. The highest BCUT2D eigenvalue weighted by Crippen LogP contribution is 2.53. The van der Waals surface area contributed by atoms with Gasteiger partial charge in [0.1, 0.15) is 10.1 Å². The number of anilines is 1. The van der Waals surface area contributed by atoms with Gasteiger partial charge in [0.05, 0.1) is 18.7 Å². The fourth-order valence-corrected chi connectivity index (χ4v) is 2.32. The third-order valence-corrected chi connectivity index (χ3v) is 3.92. The molecule has 20 heavy (non-hydrogen) atoms. The molecule has 1 aromatic rings. The van der Waals surface area contributed by atoms with Crippen molar-refractivity contribution in [2.24, 2.45) is 5.92 Å². The lowest BCUT2D eigenvalue weighted by Crippen LogP contribution is -2.20. The van der Waals surface area contributed by atoms with E-state index < -0.39 is 10.3 Å². The fraction of sp³-hybridized carbons (Fsp3) is 0.385. The van der Waals surface area contributed by atoms with Crippen LogP contribution in [-0.2, 0) is 4.79 Å². The van der Waals surface area contributed by atoms with E-state index in [0.29, 0.717) is 23.4 Å². The van der Waals surface area contributed by atoms with Crippen molar-refractivity contribution in [2.75, 3.05) is 19.5 Å². The van der Waals surface area contributed by atoms with Crippen LogP contribution in [0.1, 0.15) is 16.8 Å². The van der Waals surface area contributed by atoms with Crippen LogP contribution in [0.5, 0.6) is 5.75 Å². The Labute approximate surface area is 126 Å². The molecular weight excluding hydrogens is 303 g/mol. The number of hydrogen-bond acceptors (Lipinski definition) is 3. The van der Waals surface area contributed by atoms with Gasteiger partial charge in [0.25, 0.3) is 5.91 Å². The number of carbonyl (C=O) groups excluding carboxylic acids is 2. The molecule has 5 nitrogen and oxygen atoms in total. The van der Waals surface area contributed by atoms with E-state index in [1.54, 1.807) is 18.2 Å². The maximum Gasteiger partial charge on any atom is 0.251 e. The summed E-state index contributed by atoms with van der Waals surface area (Å²) in [5.74, 6) is -0.526. The molecule has 0 bridgehead atoms. The SMILES string of the molecule is CNC(=O)c1ccc(OC)c(NC(=O)C2CC2(Cl)Cl)c1. The largest absolute Gasteiger partial charge is 0.495 e. The topological polar surface area (TPSA) is 67.4 Å². The Balaban J connectivity index is 2.20. The van der Waals surface area contributed by atoms with Crippen molar-refractivity contribution in [3.8, 4) is 5.75 Å². The lowest BCUT2D eigenvalue weighted by Gasteiger charge is -2.12. The minimum absolute atomic E-state index is 0.251. The van der Waals surface area contributed by atoms with Crippen molar-refractivity contribution >= 4 is 40.7 Å². The highest BCUT2D eigenvalue weighted by molar-refractivity contribution is 6.52. The maximum atomic E-state index is 12.0. The average Bonchev–Trinajstić information content (AvgIpc) is 3.07. The number of rotatable bonds is 4. The van der Waals surface area contributed by atoms with Crippen molar-refractivity contribution in [1.82, 2.24) is 5.32 Å². The average molecular weight is 317 g/mol. The van der Waals surface area contributed by atoms with E-state index in [1.807, 2.05) is 0 Å². The molecule has 1 aromatic carbocycles. The van der Waals surface area contributed by atoms with Crippen LogP contribution in [0.15, 0.2) is 18.2 Å². The van der Waals surface area contributed by atoms with Crippen LogP contribution in [0, 0.1) is 5.92 Å². The van der Waals surface area contributed by atoms with Crippen molar-refractivity contribution in [3.63, 3.8) is 0 Å². The van der Waals surface area contributed by atoms with Gasteiger partial charge in [-0.25, -0.2) is 0 Å². The summed E-state index contributed by atoms with van der Waals surface area (Å²) in [4.78, 5) is 23.6. The molecule has 2 N–H and O–H groups in total. The second-order valence-corrected chi connectivity index (χ2v) is 6.04. The van der Waals surface area contributed by atoms with Gasteiger partial charge in [0.15, 0.2) is 0 Å². The molecule has 2 amide bonds. The number of ether oxygens (including phenoxy) is 1. The van der Waals surface area contributed by atoms with E-state index in [2.05, 4.69) is 10.6 Å². The molecule has 1 aliphatic rings. The number of nitrogens with one attached hydrogen (secondary N) is 2. The lowest BCUT2D eigenvalue weighted by molar-refractivity contribution is -0.117. The Morgan fingerprint density at radius 3 is 2.55 bits per heavy atom. The van der Waals surface area contributed by atoms with E-state index in [0.717, 1.165) is 0 Å². The normalized spacial score (nSPS) is 19.1. The number of hydrogen-bond donors (Lipinski definition) is 2. The Kier molecular flexibility index (Phi) is 4.11. The monoisotopic (exact) mass is 316 g/mol. The summed E-state index contributed by atoms with van der Waals surface area (Å²) < 4.78 is 4.16. The van der Waals surface area contributed by atoms with E-state index in [-0.39, 0.29) is 11.8 Å². The maximum absolute atomic E-state index is 12.0. The van der Waals surface area contributed by atoms with Gasteiger partial charge in [-0.15, -0.1) is 23.2 Å². The first-order valence-corrected chi connectivity index (χ1v) is 6.73. The number of benzene rings is 1. The minimum atomic E-state index is -0.990. The molecule has 7 heteroatoms. The standard InChI is InChI=1S/C13H14Cl2N2O3/c1-16-11(18)7-3-4-10(20-2)9(5-7)17-12(19)8-6-13(8,14)15/h3-5,8H,6H2,1-2H3,(H,16,18)(H,17,19). The first-order valence-electron chi connectivity index (χ1n) is 5.98. The second-order valence-electron chi connectivity index (χ2n) is 4.50. The van der Waals surface area contributed by atoms with E-state index in [4.69, 9.17) is 27.9 Å². The number of methoxy groups -OCH3 is 1. The highest BCUT2D eigenvalue weighted by Gasteiger charge is 2.56. The Hall–Kier alpha value is -1.46. The molecule has 0 aliphatic heterocycles. The third-order valence-electron chi connectivity index (χ3n) is 3.09. The zero-order chi connectivity index (χ0) is 14.9. The van der Waals surface area contributed by atoms with Crippen LogP contribution in [-0.4, -0.2) is 30.3 Å². The lowest BCUT2D eigenvalue weighted by atomic mass is 10.1. The van der Waals surface area contributed by atoms with Gasteiger partial charge in [0, 0.05) is 12.6 Å². The summed E-state index contributed by atoms with van der Waals surface area (Å²) in [6.45, 7) is 0. The van der Waals surface area contributed by atoms with Crippen molar-refractivity contribution < 1.29 is 14.3 Å². The van der Waals surface area contributed by atoms with Gasteiger partial charge in [0.2, 0.25) is 5.91 Å². The Morgan fingerprint density at radius 2 is 2.05 bits per heavy atom.